The van der Waals surface area contributed by atoms with Crippen LogP contribution in [0, 0.1) is 5.92 Å². The topological polar surface area (TPSA) is 68.0 Å². The lowest BCUT2D eigenvalue weighted by molar-refractivity contribution is -0.118. The SMILES string of the molecule is CC(C)C(=O)Nc1ccc(Cc2noc(C(C)C)n2)cc1. The Balaban J connectivity index is 2.00. The van der Waals surface area contributed by atoms with E-state index in [4.69, 9.17) is 4.52 Å². The number of benzene rings is 1. The molecular formula is C16H21N3O2. The Morgan fingerprint density at radius 3 is 2.38 bits per heavy atom. The van der Waals surface area contributed by atoms with Crippen LogP contribution in [0.3, 0.4) is 0 Å². The fourth-order valence-corrected chi connectivity index (χ4v) is 1.75. The van der Waals surface area contributed by atoms with E-state index in [2.05, 4.69) is 15.5 Å². The molecule has 5 heteroatoms. The van der Waals surface area contributed by atoms with Gasteiger partial charge in [0, 0.05) is 23.9 Å². The molecule has 112 valence electrons. The molecule has 0 aliphatic heterocycles. The van der Waals surface area contributed by atoms with Crippen molar-refractivity contribution in [1.82, 2.24) is 10.1 Å². The average Bonchev–Trinajstić information content (AvgIpc) is 2.89. The smallest absolute Gasteiger partial charge is 0.229 e. The Labute approximate surface area is 124 Å². The van der Waals surface area contributed by atoms with Crippen LogP contribution in [0.25, 0.3) is 0 Å². The maximum atomic E-state index is 11.6. The number of nitrogens with one attached hydrogen (secondary N) is 1. The number of nitrogens with zero attached hydrogens (tertiary/aromatic N) is 2. The molecule has 1 heterocycles. The molecule has 0 bridgehead atoms. The lowest BCUT2D eigenvalue weighted by Crippen LogP contribution is -2.17. The molecule has 0 aliphatic rings. The first-order chi connectivity index (χ1) is 9.95. The molecule has 5 nitrogen and oxygen atoms in total. The summed E-state index contributed by atoms with van der Waals surface area (Å²) in [4.78, 5) is 16.0. The highest BCUT2D eigenvalue weighted by Crippen LogP contribution is 2.15. The quantitative estimate of drug-likeness (QED) is 0.915. The minimum atomic E-state index is -0.0292. The Hall–Kier alpha value is -2.17. The zero-order valence-corrected chi connectivity index (χ0v) is 12.9. The molecule has 1 aromatic heterocycles. The van der Waals surface area contributed by atoms with E-state index in [1.165, 1.54) is 0 Å². The minimum Gasteiger partial charge on any atom is -0.339 e. The second-order valence-electron chi connectivity index (χ2n) is 5.72. The predicted octanol–water partition coefficient (Wildman–Crippen LogP) is 3.38. The third-order valence-electron chi connectivity index (χ3n) is 3.09. The predicted molar refractivity (Wildman–Crippen MR) is 81.1 cm³/mol. The Morgan fingerprint density at radius 1 is 1.19 bits per heavy atom. The third-order valence-corrected chi connectivity index (χ3v) is 3.09. The van der Waals surface area contributed by atoms with Crippen molar-refractivity contribution in [2.24, 2.45) is 5.92 Å². The van der Waals surface area contributed by atoms with Crippen LogP contribution in [0.1, 0.15) is 50.9 Å². The van der Waals surface area contributed by atoms with E-state index < -0.39 is 0 Å². The van der Waals surface area contributed by atoms with E-state index in [9.17, 15) is 4.79 Å². The summed E-state index contributed by atoms with van der Waals surface area (Å²) < 4.78 is 5.18. The molecule has 0 radical (unpaired) electrons. The number of rotatable bonds is 5. The highest BCUT2D eigenvalue weighted by Gasteiger charge is 2.11. The van der Waals surface area contributed by atoms with Crippen LogP contribution in [0.4, 0.5) is 5.69 Å². The van der Waals surface area contributed by atoms with E-state index in [1.54, 1.807) is 0 Å². The summed E-state index contributed by atoms with van der Waals surface area (Å²) in [6.07, 6.45) is 0.620. The molecule has 1 aromatic carbocycles. The minimum absolute atomic E-state index is 0.0162. The van der Waals surface area contributed by atoms with Gasteiger partial charge in [-0.1, -0.05) is 45.0 Å². The molecule has 2 aromatic rings. The van der Waals surface area contributed by atoms with Crippen molar-refractivity contribution in [3.8, 4) is 0 Å². The van der Waals surface area contributed by atoms with Gasteiger partial charge in [-0.3, -0.25) is 4.79 Å². The molecule has 2 rings (SSSR count). The summed E-state index contributed by atoms with van der Waals surface area (Å²) in [5.74, 6) is 1.56. The fraction of sp³-hybridized carbons (Fsp3) is 0.438. The van der Waals surface area contributed by atoms with Crippen LogP contribution in [0.5, 0.6) is 0 Å². The number of aromatic nitrogens is 2. The van der Waals surface area contributed by atoms with Gasteiger partial charge in [0.2, 0.25) is 11.8 Å². The second-order valence-corrected chi connectivity index (χ2v) is 5.72. The van der Waals surface area contributed by atoms with Gasteiger partial charge in [-0.25, -0.2) is 0 Å². The van der Waals surface area contributed by atoms with Crippen molar-refractivity contribution in [2.75, 3.05) is 5.32 Å². The molecule has 1 N–H and O–H groups in total. The summed E-state index contributed by atoms with van der Waals surface area (Å²) >= 11 is 0. The van der Waals surface area contributed by atoms with E-state index in [1.807, 2.05) is 52.0 Å². The third kappa shape index (κ3) is 4.15. The Morgan fingerprint density at radius 2 is 1.86 bits per heavy atom. The van der Waals surface area contributed by atoms with E-state index in [0.29, 0.717) is 18.1 Å². The average molecular weight is 287 g/mol. The van der Waals surface area contributed by atoms with E-state index in [0.717, 1.165) is 11.3 Å². The molecule has 0 fully saturated rings. The van der Waals surface area contributed by atoms with Crippen LogP contribution >= 0.6 is 0 Å². The van der Waals surface area contributed by atoms with E-state index in [-0.39, 0.29) is 17.7 Å². The number of amides is 1. The second kappa shape index (κ2) is 6.52. The lowest BCUT2D eigenvalue weighted by atomic mass is 10.1. The Bertz CT molecular complexity index is 600. The summed E-state index contributed by atoms with van der Waals surface area (Å²) in [6.45, 7) is 7.77. The summed E-state index contributed by atoms with van der Waals surface area (Å²) in [5, 5.41) is 6.83. The molecule has 0 saturated heterocycles. The van der Waals surface area contributed by atoms with Crippen LogP contribution in [0.2, 0.25) is 0 Å². The first-order valence-corrected chi connectivity index (χ1v) is 7.18. The number of carbonyl (C=O) groups is 1. The van der Waals surface area contributed by atoms with Gasteiger partial charge in [0.1, 0.15) is 0 Å². The molecular weight excluding hydrogens is 266 g/mol. The van der Waals surface area contributed by atoms with Crippen LogP contribution in [0.15, 0.2) is 28.8 Å². The van der Waals surface area contributed by atoms with Crippen molar-refractivity contribution < 1.29 is 9.32 Å². The largest absolute Gasteiger partial charge is 0.339 e. The van der Waals surface area contributed by atoms with Gasteiger partial charge in [0.05, 0.1) is 0 Å². The molecule has 0 spiro atoms. The Kier molecular flexibility index (Phi) is 4.73. The highest BCUT2D eigenvalue weighted by atomic mass is 16.5. The van der Waals surface area contributed by atoms with Gasteiger partial charge in [-0.15, -0.1) is 0 Å². The van der Waals surface area contributed by atoms with Gasteiger partial charge in [-0.2, -0.15) is 4.98 Å². The number of hydrogen-bond acceptors (Lipinski definition) is 4. The normalized spacial score (nSPS) is 11.1. The van der Waals surface area contributed by atoms with Gasteiger partial charge >= 0.3 is 0 Å². The summed E-state index contributed by atoms with van der Waals surface area (Å²) in [7, 11) is 0. The maximum Gasteiger partial charge on any atom is 0.229 e. The maximum absolute atomic E-state index is 11.6. The summed E-state index contributed by atoms with van der Waals surface area (Å²) in [5.41, 5.74) is 1.88. The number of carbonyl (C=O) groups excluding carboxylic acids is 1. The molecule has 0 aliphatic carbocycles. The molecule has 0 atom stereocenters. The molecule has 0 unspecified atom stereocenters. The first kappa shape index (κ1) is 15.2. The van der Waals surface area contributed by atoms with Crippen LogP contribution in [-0.2, 0) is 11.2 Å². The fourth-order valence-electron chi connectivity index (χ4n) is 1.75. The summed E-state index contributed by atoms with van der Waals surface area (Å²) in [6, 6.07) is 7.70. The number of hydrogen-bond donors (Lipinski definition) is 1. The van der Waals surface area contributed by atoms with Crippen molar-refractivity contribution >= 4 is 11.6 Å². The lowest BCUT2D eigenvalue weighted by Gasteiger charge is -2.08. The van der Waals surface area contributed by atoms with Gasteiger partial charge in [0.15, 0.2) is 5.82 Å². The van der Waals surface area contributed by atoms with Gasteiger partial charge < -0.3 is 9.84 Å². The van der Waals surface area contributed by atoms with Crippen LogP contribution in [-0.4, -0.2) is 16.0 Å². The standard InChI is InChI=1S/C16H21N3O2/c1-10(2)15(20)17-13-7-5-12(6-8-13)9-14-18-16(11(3)4)21-19-14/h5-8,10-11H,9H2,1-4H3,(H,17,20). The zero-order chi connectivity index (χ0) is 15.4. The highest BCUT2D eigenvalue weighted by molar-refractivity contribution is 5.92. The molecule has 1 amide bonds. The van der Waals surface area contributed by atoms with Crippen molar-refractivity contribution in [3.05, 3.63) is 41.5 Å². The number of anilines is 1. The van der Waals surface area contributed by atoms with Crippen LogP contribution < -0.4 is 5.32 Å². The monoisotopic (exact) mass is 287 g/mol. The zero-order valence-electron chi connectivity index (χ0n) is 12.9. The molecule has 0 saturated carbocycles. The van der Waals surface area contributed by atoms with Gasteiger partial charge in [-0.05, 0) is 17.7 Å². The van der Waals surface area contributed by atoms with Crippen molar-refractivity contribution in [1.29, 1.82) is 0 Å². The van der Waals surface area contributed by atoms with Crippen molar-refractivity contribution in [2.45, 2.75) is 40.0 Å². The van der Waals surface area contributed by atoms with Gasteiger partial charge in [0.25, 0.3) is 0 Å². The van der Waals surface area contributed by atoms with Crippen molar-refractivity contribution in [3.63, 3.8) is 0 Å². The van der Waals surface area contributed by atoms with E-state index >= 15 is 0 Å². The first-order valence-electron chi connectivity index (χ1n) is 7.18. The molecule has 21 heavy (non-hydrogen) atoms.